The van der Waals surface area contributed by atoms with E-state index in [4.69, 9.17) is 0 Å². The molecule has 6 heteroatoms. The topological polar surface area (TPSA) is 56.0 Å². The second kappa shape index (κ2) is 6.78. The molecule has 0 aliphatic carbocycles. The summed E-state index contributed by atoms with van der Waals surface area (Å²) in [6, 6.07) is 10.1. The lowest BCUT2D eigenvalue weighted by Gasteiger charge is -2.32. The summed E-state index contributed by atoms with van der Waals surface area (Å²) in [6.45, 7) is 5.41. The largest absolute Gasteiger partial charge is 0.336 e. The van der Waals surface area contributed by atoms with Crippen molar-refractivity contribution in [3.8, 4) is 5.69 Å². The van der Waals surface area contributed by atoms with Gasteiger partial charge in [-0.05, 0) is 44.4 Å². The maximum atomic E-state index is 13.1. The lowest BCUT2D eigenvalue weighted by Crippen LogP contribution is -2.41. The van der Waals surface area contributed by atoms with Gasteiger partial charge in [-0.2, -0.15) is 10.2 Å². The van der Waals surface area contributed by atoms with Gasteiger partial charge in [-0.25, -0.2) is 4.68 Å². The van der Waals surface area contributed by atoms with Gasteiger partial charge in [-0.15, -0.1) is 0 Å². The summed E-state index contributed by atoms with van der Waals surface area (Å²) in [6.07, 6.45) is 7.80. The van der Waals surface area contributed by atoms with E-state index in [9.17, 15) is 4.79 Å². The summed E-state index contributed by atoms with van der Waals surface area (Å²) < 4.78 is 3.77. The van der Waals surface area contributed by atoms with E-state index in [1.54, 1.807) is 4.68 Å². The third-order valence-electron chi connectivity index (χ3n) is 4.94. The van der Waals surface area contributed by atoms with E-state index in [0.717, 1.165) is 36.3 Å². The fourth-order valence-corrected chi connectivity index (χ4v) is 3.54. The first kappa shape index (κ1) is 16.6. The summed E-state index contributed by atoms with van der Waals surface area (Å²) in [5, 5.41) is 8.96. The summed E-state index contributed by atoms with van der Waals surface area (Å²) in [7, 11) is 0. The van der Waals surface area contributed by atoms with Gasteiger partial charge >= 0.3 is 0 Å². The van der Waals surface area contributed by atoms with Crippen molar-refractivity contribution >= 4 is 5.91 Å². The number of benzene rings is 1. The molecular formula is C20H23N5O. The van der Waals surface area contributed by atoms with Gasteiger partial charge in [0.15, 0.2) is 0 Å². The Morgan fingerprint density at radius 2 is 1.96 bits per heavy atom. The molecule has 3 heterocycles. The van der Waals surface area contributed by atoms with Crippen LogP contribution < -0.4 is 0 Å². The molecule has 2 aromatic heterocycles. The van der Waals surface area contributed by atoms with Gasteiger partial charge in [0, 0.05) is 25.5 Å². The molecule has 134 valence electrons. The van der Waals surface area contributed by atoms with Crippen LogP contribution in [-0.2, 0) is 0 Å². The van der Waals surface area contributed by atoms with E-state index in [-0.39, 0.29) is 11.9 Å². The number of hydrogen-bond acceptors (Lipinski definition) is 3. The van der Waals surface area contributed by atoms with Crippen molar-refractivity contribution < 1.29 is 4.79 Å². The summed E-state index contributed by atoms with van der Waals surface area (Å²) in [5.41, 5.74) is 3.54. The molecule has 0 spiro atoms. The number of aromatic nitrogens is 4. The third kappa shape index (κ3) is 3.14. The van der Waals surface area contributed by atoms with E-state index in [1.165, 1.54) is 0 Å². The zero-order chi connectivity index (χ0) is 18.1. The van der Waals surface area contributed by atoms with Crippen LogP contribution in [-0.4, -0.2) is 43.5 Å². The molecule has 26 heavy (non-hydrogen) atoms. The molecule has 0 N–H and O–H groups in total. The average Bonchev–Trinajstić information content (AvgIpc) is 3.28. The SMILES string of the molecule is Cc1cnn([C@H]2CCCN(C(=O)c3cn(-c4ccccc4)nc3C)C2)c1. The Balaban J connectivity index is 1.55. The number of likely N-dealkylation sites (tertiary alicyclic amines) is 1. The molecule has 0 saturated carbocycles. The first-order valence-electron chi connectivity index (χ1n) is 9.03. The van der Waals surface area contributed by atoms with E-state index in [2.05, 4.69) is 16.4 Å². The summed E-state index contributed by atoms with van der Waals surface area (Å²) >= 11 is 0. The van der Waals surface area contributed by atoms with Crippen LogP contribution in [0, 0.1) is 13.8 Å². The number of rotatable bonds is 3. The highest BCUT2D eigenvalue weighted by Crippen LogP contribution is 2.23. The lowest BCUT2D eigenvalue weighted by molar-refractivity contribution is 0.0672. The van der Waals surface area contributed by atoms with Gasteiger partial charge in [0.05, 0.1) is 29.2 Å². The van der Waals surface area contributed by atoms with Crippen molar-refractivity contribution in [2.24, 2.45) is 0 Å². The van der Waals surface area contributed by atoms with Crippen molar-refractivity contribution in [2.45, 2.75) is 32.7 Å². The van der Waals surface area contributed by atoms with Crippen LogP contribution in [0.1, 0.15) is 40.5 Å². The molecule has 1 atom stereocenters. The predicted octanol–water partition coefficient (Wildman–Crippen LogP) is 3.16. The molecular weight excluding hydrogens is 326 g/mol. The smallest absolute Gasteiger partial charge is 0.257 e. The Morgan fingerprint density at radius 1 is 1.15 bits per heavy atom. The van der Waals surface area contributed by atoms with Crippen LogP contribution in [0.4, 0.5) is 0 Å². The Morgan fingerprint density at radius 3 is 2.69 bits per heavy atom. The van der Waals surface area contributed by atoms with Gasteiger partial charge in [-0.3, -0.25) is 9.48 Å². The molecule has 1 fully saturated rings. The second-order valence-corrected chi connectivity index (χ2v) is 6.95. The number of carbonyl (C=O) groups is 1. The first-order valence-corrected chi connectivity index (χ1v) is 9.03. The molecule has 0 radical (unpaired) electrons. The maximum Gasteiger partial charge on any atom is 0.257 e. The van der Waals surface area contributed by atoms with Crippen LogP contribution in [0.5, 0.6) is 0 Å². The Bertz CT molecular complexity index is 911. The van der Waals surface area contributed by atoms with Crippen LogP contribution in [0.2, 0.25) is 0 Å². The van der Waals surface area contributed by atoms with Crippen molar-refractivity contribution in [3.05, 3.63) is 65.7 Å². The van der Waals surface area contributed by atoms with Gasteiger partial charge in [0.1, 0.15) is 0 Å². The van der Waals surface area contributed by atoms with E-state index < -0.39 is 0 Å². The normalized spacial score (nSPS) is 17.5. The molecule has 1 aliphatic heterocycles. The van der Waals surface area contributed by atoms with Crippen molar-refractivity contribution in [1.29, 1.82) is 0 Å². The van der Waals surface area contributed by atoms with Crippen LogP contribution >= 0.6 is 0 Å². The molecule has 1 aliphatic rings. The predicted molar refractivity (Wildman–Crippen MR) is 99.4 cm³/mol. The first-order chi connectivity index (χ1) is 12.6. The van der Waals surface area contributed by atoms with Gasteiger partial charge < -0.3 is 4.90 Å². The van der Waals surface area contributed by atoms with E-state index in [0.29, 0.717) is 12.1 Å². The van der Waals surface area contributed by atoms with Gasteiger partial charge in [0.2, 0.25) is 0 Å². The number of amides is 1. The number of nitrogens with zero attached hydrogens (tertiary/aromatic N) is 5. The number of piperidine rings is 1. The standard InChI is InChI=1S/C20H23N5O/c1-15-11-21-24(12-15)18-9-6-10-23(13-18)20(26)19-14-25(22-16(19)2)17-7-4-3-5-8-17/h3-5,7-8,11-12,14,18H,6,9-10,13H2,1-2H3/t18-/m0/s1. The highest BCUT2D eigenvalue weighted by molar-refractivity contribution is 5.95. The highest BCUT2D eigenvalue weighted by Gasteiger charge is 2.27. The summed E-state index contributed by atoms with van der Waals surface area (Å²) in [4.78, 5) is 15.0. The fourth-order valence-electron chi connectivity index (χ4n) is 3.54. The Kier molecular flexibility index (Phi) is 4.32. The molecule has 0 unspecified atom stereocenters. The minimum absolute atomic E-state index is 0.0539. The average molecular weight is 349 g/mol. The number of para-hydroxylation sites is 1. The number of aryl methyl sites for hydroxylation is 2. The van der Waals surface area contributed by atoms with Crippen LogP contribution in [0.3, 0.4) is 0 Å². The lowest BCUT2D eigenvalue weighted by atomic mass is 10.0. The third-order valence-corrected chi connectivity index (χ3v) is 4.94. The Hall–Kier alpha value is -2.89. The monoisotopic (exact) mass is 349 g/mol. The fraction of sp³-hybridized carbons (Fsp3) is 0.350. The zero-order valence-electron chi connectivity index (χ0n) is 15.2. The minimum atomic E-state index is 0.0539. The Labute approximate surface area is 153 Å². The summed E-state index contributed by atoms with van der Waals surface area (Å²) in [5.74, 6) is 0.0539. The quantitative estimate of drug-likeness (QED) is 0.730. The zero-order valence-corrected chi connectivity index (χ0v) is 15.2. The second-order valence-electron chi connectivity index (χ2n) is 6.95. The molecule has 6 nitrogen and oxygen atoms in total. The van der Waals surface area contributed by atoms with Crippen molar-refractivity contribution in [3.63, 3.8) is 0 Å². The van der Waals surface area contributed by atoms with Crippen LogP contribution in [0.25, 0.3) is 5.69 Å². The molecule has 1 amide bonds. The van der Waals surface area contributed by atoms with Gasteiger partial charge in [-0.1, -0.05) is 18.2 Å². The van der Waals surface area contributed by atoms with E-state index in [1.807, 2.05) is 66.2 Å². The van der Waals surface area contributed by atoms with Crippen LogP contribution in [0.15, 0.2) is 48.9 Å². The molecule has 4 rings (SSSR count). The van der Waals surface area contributed by atoms with E-state index >= 15 is 0 Å². The number of hydrogen-bond donors (Lipinski definition) is 0. The highest BCUT2D eigenvalue weighted by atomic mass is 16.2. The maximum absolute atomic E-state index is 13.1. The molecule has 1 saturated heterocycles. The molecule has 0 bridgehead atoms. The van der Waals surface area contributed by atoms with Gasteiger partial charge in [0.25, 0.3) is 5.91 Å². The number of carbonyl (C=O) groups excluding carboxylic acids is 1. The molecule has 1 aromatic carbocycles. The molecule has 3 aromatic rings. The van der Waals surface area contributed by atoms with Crippen molar-refractivity contribution in [2.75, 3.05) is 13.1 Å². The van der Waals surface area contributed by atoms with Crippen molar-refractivity contribution in [1.82, 2.24) is 24.5 Å². The minimum Gasteiger partial charge on any atom is -0.336 e.